The van der Waals surface area contributed by atoms with Crippen molar-refractivity contribution in [3.8, 4) is 0 Å². The van der Waals surface area contributed by atoms with E-state index in [0.29, 0.717) is 10.0 Å². The minimum Gasteiger partial charge on any atom is -0.384 e. The number of hydrogen-bond acceptors (Lipinski definition) is 1. The molecule has 0 fully saturated rings. The first-order chi connectivity index (χ1) is 8.25. The lowest BCUT2D eigenvalue weighted by Gasteiger charge is -2.09. The fourth-order valence-electron chi connectivity index (χ4n) is 1.77. The number of unbranched alkanes of at least 4 members (excludes halogenated alkanes) is 5. The second kappa shape index (κ2) is 8.66. The lowest BCUT2D eigenvalue weighted by Crippen LogP contribution is -2.01. The van der Waals surface area contributed by atoms with E-state index in [-0.39, 0.29) is 0 Å². The van der Waals surface area contributed by atoms with E-state index in [1.54, 1.807) is 6.07 Å². The Morgan fingerprint density at radius 1 is 1.00 bits per heavy atom. The van der Waals surface area contributed by atoms with Crippen molar-refractivity contribution in [3.63, 3.8) is 0 Å². The fraction of sp³-hybridized carbons (Fsp3) is 0.571. The summed E-state index contributed by atoms with van der Waals surface area (Å²) in [5.41, 5.74) is 0.938. The van der Waals surface area contributed by atoms with E-state index in [9.17, 15) is 0 Å². The molecule has 0 unspecified atom stereocenters. The predicted molar refractivity (Wildman–Crippen MR) is 78.3 cm³/mol. The van der Waals surface area contributed by atoms with Crippen LogP contribution in [0.1, 0.15) is 45.4 Å². The highest BCUT2D eigenvalue weighted by Crippen LogP contribution is 2.29. The molecular formula is C14H21Cl2N. The molecular weight excluding hydrogens is 253 g/mol. The Bertz CT molecular complexity index is 326. The zero-order valence-electron chi connectivity index (χ0n) is 10.4. The van der Waals surface area contributed by atoms with Crippen LogP contribution in [0.2, 0.25) is 10.0 Å². The topological polar surface area (TPSA) is 12.0 Å². The lowest BCUT2D eigenvalue weighted by atomic mass is 10.1. The van der Waals surface area contributed by atoms with Gasteiger partial charge in [-0.1, -0.05) is 68.3 Å². The molecule has 96 valence electrons. The van der Waals surface area contributed by atoms with Crippen LogP contribution in [-0.4, -0.2) is 6.54 Å². The third-order valence-corrected chi connectivity index (χ3v) is 3.62. The molecule has 1 aromatic carbocycles. The number of hydrogen-bond donors (Lipinski definition) is 1. The van der Waals surface area contributed by atoms with Crippen molar-refractivity contribution in [1.29, 1.82) is 0 Å². The number of benzene rings is 1. The summed E-state index contributed by atoms with van der Waals surface area (Å²) in [7, 11) is 0. The van der Waals surface area contributed by atoms with E-state index in [4.69, 9.17) is 23.2 Å². The molecule has 0 heterocycles. The zero-order valence-corrected chi connectivity index (χ0v) is 11.9. The molecule has 3 heteroatoms. The molecule has 1 N–H and O–H groups in total. The summed E-state index contributed by atoms with van der Waals surface area (Å²) in [4.78, 5) is 0. The highest BCUT2D eigenvalue weighted by molar-refractivity contribution is 6.43. The number of anilines is 1. The summed E-state index contributed by atoms with van der Waals surface area (Å²) in [6.45, 7) is 3.20. The lowest BCUT2D eigenvalue weighted by molar-refractivity contribution is 0.617. The molecule has 1 nitrogen and oxygen atoms in total. The Kier molecular flexibility index (Phi) is 7.46. The van der Waals surface area contributed by atoms with Crippen molar-refractivity contribution in [2.45, 2.75) is 45.4 Å². The van der Waals surface area contributed by atoms with Gasteiger partial charge in [0.1, 0.15) is 0 Å². The molecule has 0 aromatic heterocycles. The van der Waals surface area contributed by atoms with Crippen LogP contribution in [0.4, 0.5) is 5.69 Å². The standard InChI is InChI=1S/C14H21Cl2N/c1-2-3-4-5-6-7-11-17-13-10-8-9-12(15)14(13)16/h8-10,17H,2-7,11H2,1H3. The van der Waals surface area contributed by atoms with Gasteiger partial charge in [0.2, 0.25) is 0 Å². The van der Waals surface area contributed by atoms with Crippen molar-refractivity contribution in [1.82, 2.24) is 0 Å². The monoisotopic (exact) mass is 273 g/mol. The molecule has 0 aliphatic heterocycles. The molecule has 0 saturated carbocycles. The molecule has 0 bridgehead atoms. The van der Waals surface area contributed by atoms with Gasteiger partial charge < -0.3 is 5.32 Å². The van der Waals surface area contributed by atoms with Gasteiger partial charge in [0, 0.05) is 6.54 Å². The maximum absolute atomic E-state index is 6.08. The Balaban J connectivity index is 2.16. The second-order valence-corrected chi connectivity index (χ2v) is 5.08. The van der Waals surface area contributed by atoms with Gasteiger partial charge in [-0.2, -0.15) is 0 Å². The molecule has 0 atom stereocenters. The maximum atomic E-state index is 6.08. The average molecular weight is 274 g/mol. The molecule has 0 spiro atoms. The van der Waals surface area contributed by atoms with E-state index in [1.807, 2.05) is 12.1 Å². The van der Waals surface area contributed by atoms with Gasteiger partial charge in [-0.05, 0) is 18.6 Å². The molecule has 1 rings (SSSR count). The quantitative estimate of drug-likeness (QED) is 0.594. The maximum Gasteiger partial charge on any atom is 0.0823 e. The SMILES string of the molecule is CCCCCCCCNc1cccc(Cl)c1Cl. The molecule has 0 aliphatic rings. The average Bonchev–Trinajstić information content (AvgIpc) is 2.33. The number of halogens is 2. The summed E-state index contributed by atoms with van der Waals surface area (Å²) in [5.74, 6) is 0. The van der Waals surface area contributed by atoms with Gasteiger partial charge in [0.25, 0.3) is 0 Å². The summed E-state index contributed by atoms with van der Waals surface area (Å²) in [5, 5.41) is 4.56. The van der Waals surface area contributed by atoms with Gasteiger partial charge in [0.15, 0.2) is 0 Å². The number of rotatable bonds is 8. The largest absolute Gasteiger partial charge is 0.384 e. The van der Waals surface area contributed by atoms with Crippen LogP contribution in [0.5, 0.6) is 0 Å². The molecule has 0 aliphatic carbocycles. The second-order valence-electron chi connectivity index (χ2n) is 4.30. The van der Waals surface area contributed by atoms with Crippen molar-refractivity contribution < 1.29 is 0 Å². The van der Waals surface area contributed by atoms with Crippen LogP contribution in [0.25, 0.3) is 0 Å². The van der Waals surface area contributed by atoms with Crippen LogP contribution in [0.3, 0.4) is 0 Å². The van der Waals surface area contributed by atoms with Crippen molar-refractivity contribution in [3.05, 3.63) is 28.2 Å². The van der Waals surface area contributed by atoms with Gasteiger partial charge >= 0.3 is 0 Å². The van der Waals surface area contributed by atoms with Crippen LogP contribution >= 0.6 is 23.2 Å². The van der Waals surface area contributed by atoms with Crippen molar-refractivity contribution in [2.75, 3.05) is 11.9 Å². The van der Waals surface area contributed by atoms with Crippen LogP contribution in [0, 0.1) is 0 Å². The smallest absolute Gasteiger partial charge is 0.0823 e. The number of nitrogens with one attached hydrogen (secondary N) is 1. The molecule has 0 radical (unpaired) electrons. The zero-order chi connectivity index (χ0) is 12.5. The van der Waals surface area contributed by atoms with Gasteiger partial charge in [-0.15, -0.1) is 0 Å². The van der Waals surface area contributed by atoms with Gasteiger partial charge in [-0.25, -0.2) is 0 Å². The minimum absolute atomic E-state index is 0.611. The third kappa shape index (κ3) is 5.65. The Labute approximate surface area is 115 Å². The van der Waals surface area contributed by atoms with E-state index < -0.39 is 0 Å². The first-order valence-corrected chi connectivity index (χ1v) is 7.19. The van der Waals surface area contributed by atoms with Crippen LogP contribution in [0.15, 0.2) is 18.2 Å². The highest BCUT2D eigenvalue weighted by Gasteiger charge is 2.02. The van der Waals surface area contributed by atoms with E-state index in [1.165, 1.54) is 38.5 Å². The Morgan fingerprint density at radius 3 is 2.47 bits per heavy atom. The van der Waals surface area contributed by atoms with Crippen LogP contribution in [-0.2, 0) is 0 Å². The van der Waals surface area contributed by atoms with E-state index in [2.05, 4.69) is 12.2 Å². The first-order valence-electron chi connectivity index (χ1n) is 6.43. The normalized spacial score (nSPS) is 10.5. The molecule has 1 aromatic rings. The minimum atomic E-state index is 0.611. The predicted octanol–water partition coefficient (Wildman–Crippen LogP) is 5.77. The first kappa shape index (κ1) is 14.7. The van der Waals surface area contributed by atoms with E-state index in [0.717, 1.165) is 12.2 Å². The Morgan fingerprint density at radius 2 is 1.71 bits per heavy atom. The third-order valence-electron chi connectivity index (χ3n) is 2.80. The van der Waals surface area contributed by atoms with Gasteiger partial charge in [0.05, 0.1) is 15.7 Å². The van der Waals surface area contributed by atoms with Crippen molar-refractivity contribution >= 4 is 28.9 Å². The highest BCUT2D eigenvalue weighted by atomic mass is 35.5. The van der Waals surface area contributed by atoms with E-state index >= 15 is 0 Å². The van der Waals surface area contributed by atoms with Gasteiger partial charge in [-0.3, -0.25) is 0 Å². The summed E-state index contributed by atoms with van der Waals surface area (Å²) < 4.78 is 0. The summed E-state index contributed by atoms with van der Waals surface area (Å²) in [6.07, 6.45) is 7.81. The summed E-state index contributed by atoms with van der Waals surface area (Å²) in [6, 6.07) is 5.68. The fourth-order valence-corrected chi connectivity index (χ4v) is 2.14. The van der Waals surface area contributed by atoms with Crippen molar-refractivity contribution in [2.24, 2.45) is 0 Å². The summed E-state index contributed by atoms with van der Waals surface area (Å²) >= 11 is 12.0. The van der Waals surface area contributed by atoms with Crippen LogP contribution < -0.4 is 5.32 Å². The molecule has 0 amide bonds. The Hall–Kier alpha value is -0.400. The molecule has 17 heavy (non-hydrogen) atoms. The molecule has 0 saturated heterocycles.